The predicted octanol–water partition coefficient (Wildman–Crippen LogP) is 2.85. The number of rotatable bonds is 4. The summed E-state index contributed by atoms with van der Waals surface area (Å²) < 4.78 is 5.17. The molecule has 76 valence electrons. The topological polar surface area (TPSA) is 26.3 Å². The molecular weight excluding hydrogens is 176 g/mol. The van der Waals surface area contributed by atoms with E-state index in [1.807, 2.05) is 18.2 Å². The van der Waals surface area contributed by atoms with E-state index in [2.05, 4.69) is 6.92 Å². The second-order valence-electron chi connectivity index (χ2n) is 3.34. The van der Waals surface area contributed by atoms with Crippen molar-refractivity contribution < 1.29 is 9.53 Å². The largest absolute Gasteiger partial charge is 0.496 e. The minimum Gasteiger partial charge on any atom is -0.496 e. The fourth-order valence-electron chi connectivity index (χ4n) is 1.47. The fraction of sp³-hybridized carbons (Fsp3) is 0.417. The molecule has 0 bridgehead atoms. The minimum atomic E-state index is 0.0462. The van der Waals surface area contributed by atoms with Crippen molar-refractivity contribution in [2.75, 3.05) is 7.11 Å². The van der Waals surface area contributed by atoms with Gasteiger partial charge in [0.1, 0.15) is 5.75 Å². The molecule has 0 heterocycles. The first-order valence-electron chi connectivity index (χ1n) is 4.87. The van der Waals surface area contributed by atoms with Gasteiger partial charge in [-0.1, -0.05) is 19.4 Å². The molecule has 0 aliphatic carbocycles. The van der Waals surface area contributed by atoms with Gasteiger partial charge in [0.05, 0.1) is 12.7 Å². The van der Waals surface area contributed by atoms with Crippen molar-refractivity contribution in [3.8, 4) is 5.75 Å². The molecule has 0 saturated heterocycles. The van der Waals surface area contributed by atoms with E-state index in [4.69, 9.17) is 4.74 Å². The molecule has 14 heavy (non-hydrogen) atoms. The molecule has 1 aromatic carbocycles. The third-order valence-electron chi connectivity index (χ3n) is 2.18. The van der Waals surface area contributed by atoms with E-state index < -0.39 is 0 Å². The highest BCUT2D eigenvalue weighted by Gasteiger charge is 2.07. The minimum absolute atomic E-state index is 0.0462. The van der Waals surface area contributed by atoms with Gasteiger partial charge in [0.25, 0.3) is 0 Å². The molecule has 0 unspecified atom stereocenters. The molecule has 2 heteroatoms. The van der Waals surface area contributed by atoms with Crippen LogP contribution in [0.4, 0.5) is 0 Å². The molecule has 0 aliphatic heterocycles. The Balaban J connectivity index is 3.05. The molecular formula is C12H16O2. The van der Waals surface area contributed by atoms with Gasteiger partial charge >= 0.3 is 0 Å². The van der Waals surface area contributed by atoms with E-state index in [9.17, 15) is 4.79 Å². The van der Waals surface area contributed by atoms with Gasteiger partial charge in [-0.3, -0.25) is 4.79 Å². The summed E-state index contributed by atoms with van der Waals surface area (Å²) >= 11 is 0. The zero-order chi connectivity index (χ0) is 10.6. The molecule has 0 spiro atoms. The Kier molecular flexibility index (Phi) is 3.69. The number of carbonyl (C=O) groups is 1. The fourth-order valence-corrected chi connectivity index (χ4v) is 1.47. The number of carbonyl (C=O) groups excluding carboxylic acids is 1. The zero-order valence-electron chi connectivity index (χ0n) is 8.96. The summed E-state index contributed by atoms with van der Waals surface area (Å²) in [5.41, 5.74) is 1.88. The number of Topliss-reactive ketones (excluding diaryl/α,β-unsaturated/α-hetero) is 1. The quantitative estimate of drug-likeness (QED) is 0.686. The van der Waals surface area contributed by atoms with E-state index in [-0.39, 0.29) is 5.78 Å². The van der Waals surface area contributed by atoms with Crippen molar-refractivity contribution >= 4 is 5.78 Å². The van der Waals surface area contributed by atoms with Crippen LogP contribution < -0.4 is 4.74 Å². The monoisotopic (exact) mass is 192 g/mol. The lowest BCUT2D eigenvalue weighted by Crippen LogP contribution is -1.98. The maximum atomic E-state index is 11.2. The Morgan fingerprint density at radius 1 is 1.43 bits per heavy atom. The molecule has 0 N–H and O–H groups in total. The second-order valence-corrected chi connectivity index (χ2v) is 3.34. The average Bonchev–Trinajstić information content (AvgIpc) is 2.17. The van der Waals surface area contributed by atoms with Gasteiger partial charge in [0.15, 0.2) is 5.78 Å². The Bertz CT molecular complexity index is 329. The molecule has 0 atom stereocenters. The normalized spacial score (nSPS) is 9.93. The zero-order valence-corrected chi connectivity index (χ0v) is 8.96. The van der Waals surface area contributed by atoms with Crippen molar-refractivity contribution in [3.63, 3.8) is 0 Å². The maximum Gasteiger partial charge on any atom is 0.163 e. The van der Waals surface area contributed by atoms with Crippen LogP contribution in [0, 0.1) is 0 Å². The highest BCUT2D eigenvalue weighted by Crippen LogP contribution is 2.21. The third kappa shape index (κ3) is 2.34. The van der Waals surface area contributed by atoms with Crippen LogP contribution in [0.3, 0.4) is 0 Å². The molecule has 1 rings (SSSR count). The van der Waals surface area contributed by atoms with Crippen LogP contribution in [0.1, 0.15) is 36.2 Å². The van der Waals surface area contributed by atoms with E-state index in [0.29, 0.717) is 11.3 Å². The summed E-state index contributed by atoms with van der Waals surface area (Å²) in [6, 6.07) is 5.77. The van der Waals surface area contributed by atoms with Gasteiger partial charge in [-0.15, -0.1) is 0 Å². The van der Waals surface area contributed by atoms with E-state index >= 15 is 0 Å². The smallest absolute Gasteiger partial charge is 0.163 e. The number of ketones is 1. The highest BCUT2D eigenvalue weighted by atomic mass is 16.5. The van der Waals surface area contributed by atoms with Crippen LogP contribution in [0.15, 0.2) is 18.2 Å². The Morgan fingerprint density at radius 2 is 2.14 bits per heavy atom. The lowest BCUT2D eigenvalue weighted by molar-refractivity contribution is 0.101. The van der Waals surface area contributed by atoms with Crippen molar-refractivity contribution in [1.29, 1.82) is 0 Å². The van der Waals surface area contributed by atoms with Crippen LogP contribution in [0.5, 0.6) is 5.75 Å². The molecule has 2 nitrogen and oxygen atoms in total. The van der Waals surface area contributed by atoms with E-state index in [1.165, 1.54) is 5.56 Å². The first kappa shape index (κ1) is 10.8. The van der Waals surface area contributed by atoms with Crippen LogP contribution in [0.2, 0.25) is 0 Å². The summed E-state index contributed by atoms with van der Waals surface area (Å²) in [4.78, 5) is 11.2. The SMILES string of the molecule is CCCc1ccc(C(C)=O)c(OC)c1. The molecule has 0 aliphatic rings. The van der Waals surface area contributed by atoms with Crippen LogP contribution in [-0.2, 0) is 6.42 Å². The Morgan fingerprint density at radius 3 is 2.64 bits per heavy atom. The summed E-state index contributed by atoms with van der Waals surface area (Å²) in [5, 5.41) is 0. The van der Waals surface area contributed by atoms with Crippen molar-refractivity contribution in [1.82, 2.24) is 0 Å². The van der Waals surface area contributed by atoms with Gasteiger partial charge in [-0.25, -0.2) is 0 Å². The number of aryl methyl sites for hydroxylation is 1. The first-order chi connectivity index (χ1) is 6.69. The van der Waals surface area contributed by atoms with Gasteiger partial charge in [0, 0.05) is 0 Å². The molecule has 0 aromatic heterocycles. The van der Waals surface area contributed by atoms with Crippen LogP contribution >= 0.6 is 0 Å². The third-order valence-corrected chi connectivity index (χ3v) is 2.18. The highest BCUT2D eigenvalue weighted by molar-refractivity contribution is 5.96. The molecule has 1 aromatic rings. The average molecular weight is 192 g/mol. The molecule has 0 amide bonds. The summed E-state index contributed by atoms with van der Waals surface area (Å²) in [6.07, 6.45) is 2.12. The van der Waals surface area contributed by atoms with Gasteiger partial charge in [-0.05, 0) is 31.0 Å². The second kappa shape index (κ2) is 4.80. The number of hydrogen-bond acceptors (Lipinski definition) is 2. The Labute approximate surface area is 84.9 Å². The van der Waals surface area contributed by atoms with Gasteiger partial charge in [0.2, 0.25) is 0 Å². The van der Waals surface area contributed by atoms with Gasteiger partial charge < -0.3 is 4.74 Å². The number of ether oxygens (including phenoxy) is 1. The maximum absolute atomic E-state index is 11.2. The lowest BCUT2D eigenvalue weighted by atomic mass is 10.0. The van der Waals surface area contributed by atoms with Gasteiger partial charge in [-0.2, -0.15) is 0 Å². The van der Waals surface area contributed by atoms with Crippen molar-refractivity contribution in [2.24, 2.45) is 0 Å². The number of benzene rings is 1. The van der Waals surface area contributed by atoms with Crippen molar-refractivity contribution in [2.45, 2.75) is 26.7 Å². The molecule has 0 saturated carbocycles. The summed E-state index contributed by atoms with van der Waals surface area (Å²) in [6.45, 7) is 3.68. The van der Waals surface area contributed by atoms with E-state index in [1.54, 1.807) is 14.0 Å². The van der Waals surface area contributed by atoms with Crippen LogP contribution in [-0.4, -0.2) is 12.9 Å². The lowest BCUT2D eigenvalue weighted by Gasteiger charge is -2.07. The predicted molar refractivity (Wildman–Crippen MR) is 57.0 cm³/mol. The van der Waals surface area contributed by atoms with E-state index in [0.717, 1.165) is 12.8 Å². The summed E-state index contributed by atoms with van der Waals surface area (Å²) in [5.74, 6) is 0.730. The first-order valence-corrected chi connectivity index (χ1v) is 4.87. The molecule has 0 fully saturated rings. The Hall–Kier alpha value is -1.31. The number of hydrogen-bond donors (Lipinski definition) is 0. The van der Waals surface area contributed by atoms with Crippen molar-refractivity contribution in [3.05, 3.63) is 29.3 Å². The molecule has 0 radical (unpaired) electrons. The standard InChI is InChI=1S/C12H16O2/c1-4-5-10-6-7-11(9(2)13)12(8-10)14-3/h6-8H,4-5H2,1-3H3. The summed E-state index contributed by atoms with van der Waals surface area (Å²) in [7, 11) is 1.59. The number of methoxy groups -OCH3 is 1. The van der Waals surface area contributed by atoms with Crippen LogP contribution in [0.25, 0.3) is 0 Å².